The zero-order valence-corrected chi connectivity index (χ0v) is 11.6. The van der Waals surface area contributed by atoms with Gasteiger partial charge in [-0.05, 0) is 31.7 Å². The maximum absolute atomic E-state index is 11.4. The molecule has 1 unspecified atom stereocenters. The van der Waals surface area contributed by atoms with Crippen molar-refractivity contribution in [2.24, 2.45) is 11.7 Å². The first-order valence-electron chi connectivity index (χ1n) is 5.99. The maximum atomic E-state index is 11.4. The van der Waals surface area contributed by atoms with Gasteiger partial charge in [-0.25, -0.2) is 8.42 Å². The highest BCUT2D eigenvalue weighted by atomic mass is 32.2. The zero-order chi connectivity index (χ0) is 13.3. The van der Waals surface area contributed by atoms with Crippen molar-refractivity contribution in [3.63, 3.8) is 0 Å². The molecule has 0 aromatic carbocycles. The number of sulfone groups is 1. The van der Waals surface area contributed by atoms with E-state index in [0.717, 1.165) is 12.8 Å². The summed E-state index contributed by atoms with van der Waals surface area (Å²) in [6, 6.07) is 0. The van der Waals surface area contributed by atoms with Crippen molar-refractivity contribution in [2.75, 3.05) is 25.1 Å². The summed E-state index contributed by atoms with van der Waals surface area (Å²) in [5.41, 5.74) is 5.42. The van der Waals surface area contributed by atoms with Gasteiger partial charge in [0.05, 0.1) is 5.75 Å². The molecule has 0 spiro atoms. The SMILES string of the molecule is CC(CCN)CCC(=O)NCCCS(C)(=O)=O. The molecule has 5 nitrogen and oxygen atoms in total. The minimum absolute atomic E-state index is 0.0117. The lowest BCUT2D eigenvalue weighted by molar-refractivity contribution is -0.121. The Morgan fingerprint density at radius 1 is 1.35 bits per heavy atom. The van der Waals surface area contributed by atoms with Gasteiger partial charge in [0.1, 0.15) is 9.84 Å². The molecule has 0 radical (unpaired) electrons. The molecule has 0 aliphatic heterocycles. The molecule has 0 heterocycles. The minimum atomic E-state index is -2.92. The Balaban J connectivity index is 3.54. The van der Waals surface area contributed by atoms with Gasteiger partial charge in [0.15, 0.2) is 0 Å². The molecule has 3 N–H and O–H groups in total. The molecule has 1 amide bonds. The summed E-state index contributed by atoms with van der Waals surface area (Å²) in [5, 5.41) is 2.72. The Bertz CT molecular complexity index is 315. The number of amides is 1. The lowest BCUT2D eigenvalue weighted by atomic mass is 10.0. The van der Waals surface area contributed by atoms with Crippen LogP contribution in [0.2, 0.25) is 0 Å². The van der Waals surface area contributed by atoms with E-state index in [1.807, 2.05) is 0 Å². The van der Waals surface area contributed by atoms with E-state index in [4.69, 9.17) is 5.73 Å². The molecule has 1 atom stereocenters. The summed E-state index contributed by atoms with van der Waals surface area (Å²) in [6.07, 6.45) is 3.92. The largest absolute Gasteiger partial charge is 0.356 e. The van der Waals surface area contributed by atoms with Crippen LogP contribution in [0.4, 0.5) is 0 Å². The van der Waals surface area contributed by atoms with Gasteiger partial charge in [0.2, 0.25) is 5.91 Å². The van der Waals surface area contributed by atoms with Crippen molar-refractivity contribution in [1.82, 2.24) is 5.32 Å². The number of carbonyl (C=O) groups is 1. The Labute approximate surface area is 104 Å². The van der Waals surface area contributed by atoms with E-state index in [2.05, 4.69) is 12.2 Å². The molecule has 0 aliphatic carbocycles. The highest BCUT2D eigenvalue weighted by Crippen LogP contribution is 2.08. The first-order valence-corrected chi connectivity index (χ1v) is 8.05. The van der Waals surface area contributed by atoms with Gasteiger partial charge in [0.25, 0.3) is 0 Å². The van der Waals surface area contributed by atoms with Gasteiger partial charge in [-0.2, -0.15) is 0 Å². The lowest BCUT2D eigenvalue weighted by Crippen LogP contribution is -2.26. The summed E-state index contributed by atoms with van der Waals surface area (Å²) in [5.74, 6) is 0.570. The third-order valence-electron chi connectivity index (χ3n) is 2.54. The second-order valence-corrected chi connectivity index (χ2v) is 6.81. The van der Waals surface area contributed by atoms with Crippen molar-refractivity contribution in [2.45, 2.75) is 32.6 Å². The standard InChI is InChI=1S/C11H24N2O3S/c1-10(6-7-12)4-5-11(14)13-8-3-9-17(2,15)16/h10H,3-9,12H2,1-2H3,(H,13,14). The topological polar surface area (TPSA) is 89.3 Å². The Kier molecular flexibility index (Phi) is 8.16. The summed E-state index contributed by atoms with van der Waals surface area (Å²) in [6.45, 7) is 3.15. The molecule has 0 bridgehead atoms. The van der Waals surface area contributed by atoms with Crippen LogP contribution in [-0.4, -0.2) is 39.4 Å². The smallest absolute Gasteiger partial charge is 0.220 e. The van der Waals surface area contributed by atoms with Crippen molar-refractivity contribution in [1.29, 1.82) is 0 Å². The van der Waals surface area contributed by atoms with E-state index >= 15 is 0 Å². The summed E-state index contributed by atoms with van der Waals surface area (Å²) in [4.78, 5) is 11.4. The summed E-state index contributed by atoms with van der Waals surface area (Å²) < 4.78 is 21.7. The van der Waals surface area contributed by atoms with Gasteiger partial charge < -0.3 is 11.1 Å². The summed E-state index contributed by atoms with van der Waals surface area (Å²) >= 11 is 0. The van der Waals surface area contributed by atoms with Crippen LogP contribution in [0.25, 0.3) is 0 Å². The maximum Gasteiger partial charge on any atom is 0.220 e. The third kappa shape index (κ3) is 11.6. The molecule has 102 valence electrons. The average molecular weight is 264 g/mol. The van der Waals surface area contributed by atoms with Crippen molar-refractivity contribution < 1.29 is 13.2 Å². The Hall–Kier alpha value is -0.620. The van der Waals surface area contributed by atoms with E-state index < -0.39 is 9.84 Å². The highest BCUT2D eigenvalue weighted by molar-refractivity contribution is 7.90. The van der Waals surface area contributed by atoms with Crippen LogP contribution in [0, 0.1) is 5.92 Å². The molecular weight excluding hydrogens is 240 g/mol. The van der Waals surface area contributed by atoms with Gasteiger partial charge in [0, 0.05) is 19.2 Å². The minimum Gasteiger partial charge on any atom is -0.356 e. The first kappa shape index (κ1) is 16.4. The van der Waals surface area contributed by atoms with Gasteiger partial charge >= 0.3 is 0 Å². The van der Waals surface area contributed by atoms with E-state index in [1.165, 1.54) is 6.26 Å². The zero-order valence-electron chi connectivity index (χ0n) is 10.7. The fourth-order valence-electron chi connectivity index (χ4n) is 1.46. The predicted molar refractivity (Wildman–Crippen MR) is 69.4 cm³/mol. The van der Waals surface area contributed by atoms with Gasteiger partial charge in [-0.3, -0.25) is 4.79 Å². The van der Waals surface area contributed by atoms with Crippen molar-refractivity contribution >= 4 is 15.7 Å². The molecule has 0 aliphatic rings. The number of rotatable bonds is 9. The predicted octanol–water partition coefficient (Wildman–Crippen LogP) is 0.302. The fraction of sp³-hybridized carbons (Fsp3) is 0.909. The van der Waals surface area contributed by atoms with Crippen LogP contribution in [-0.2, 0) is 14.6 Å². The molecule has 0 saturated heterocycles. The molecule has 17 heavy (non-hydrogen) atoms. The quantitative estimate of drug-likeness (QED) is 0.586. The molecule has 0 saturated carbocycles. The molecule has 0 rings (SSSR count). The van der Waals surface area contributed by atoms with Crippen LogP contribution in [0.1, 0.15) is 32.6 Å². The average Bonchev–Trinajstić information content (AvgIpc) is 2.21. The van der Waals surface area contributed by atoms with Crippen LogP contribution < -0.4 is 11.1 Å². The first-order chi connectivity index (χ1) is 7.85. The number of carbonyl (C=O) groups excluding carboxylic acids is 1. The second-order valence-electron chi connectivity index (χ2n) is 4.55. The molecular formula is C11H24N2O3S. The van der Waals surface area contributed by atoms with Crippen molar-refractivity contribution in [3.8, 4) is 0 Å². The summed E-state index contributed by atoms with van der Waals surface area (Å²) in [7, 11) is -2.92. The highest BCUT2D eigenvalue weighted by Gasteiger charge is 2.06. The molecule has 0 aromatic heterocycles. The normalized spacial score (nSPS) is 13.4. The van der Waals surface area contributed by atoms with Crippen LogP contribution in [0.15, 0.2) is 0 Å². The Morgan fingerprint density at radius 2 is 2.00 bits per heavy atom. The number of hydrogen-bond donors (Lipinski definition) is 2. The monoisotopic (exact) mass is 264 g/mol. The van der Waals surface area contributed by atoms with E-state index in [-0.39, 0.29) is 11.7 Å². The fourth-order valence-corrected chi connectivity index (χ4v) is 2.13. The van der Waals surface area contributed by atoms with E-state index in [1.54, 1.807) is 0 Å². The van der Waals surface area contributed by atoms with Crippen molar-refractivity contribution in [3.05, 3.63) is 0 Å². The molecule has 6 heteroatoms. The lowest BCUT2D eigenvalue weighted by Gasteiger charge is -2.09. The van der Waals surface area contributed by atoms with E-state index in [9.17, 15) is 13.2 Å². The number of nitrogens with two attached hydrogens (primary N) is 1. The van der Waals surface area contributed by atoms with E-state index in [0.29, 0.717) is 31.8 Å². The number of nitrogens with one attached hydrogen (secondary N) is 1. The Morgan fingerprint density at radius 3 is 2.53 bits per heavy atom. The third-order valence-corrected chi connectivity index (χ3v) is 3.57. The van der Waals surface area contributed by atoms with Gasteiger partial charge in [-0.1, -0.05) is 6.92 Å². The van der Waals surface area contributed by atoms with Crippen LogP contribution >= 0.6 is 0 Å². The number of hydrogen-bond acceptors (Lipinski definition) is 4. The molecule has 0 fully saturated rings. The second kappa shape index (κ2) is 8.47. The van der Waals surface area contributed by atoms with Crippen LogP contribution in [0.5, 0.6) is 0 Å². The van der Waals surface area contributed by atoms with Crippen LogP contribution in [0.3, 0.4) is 0 Å². The van der Waals surface area contributed by atoms with Gasteiger partial charge in [-0.15, -0.1) is 0 Å². The molecule has 0 aromatic rings.